The molecule has 0 spiro atoms. The van der Waals surface area contributed by atoms with Crippen molar-refractivity contribution < 1.29 is 4.79 Å². The van der Waals surface area contributed by atoms with Crippen LogP contribution in [0.15, 0.2) is 18.2 Å². The van der Waals surface area contributed by atoms with Crippen LogP contribution in [-0.2, 0) is 0 Å². The van der Waals surface area contributed by atoms with Gasteiger partial charge >= 0.3 is 0 Å². The first-order valence-corrected chi connectivity index (χ1v) is 7.06. The van der Waals surface area contributed by atoms with Gasteiger partial charge in [-0.25, -0.2) is 0 Å². The van der Waals surface area contributed by atoms with Crippen LogP contribution in [0.5, 0.6) is 0 Å². The van der Waals surface area contributed by atoms with Crippen LogP contribution >= 0.6 is 34.5 Å². The zero-order valence-electron chi connectivity index (χ0n) is 9.50. The Bertz CT molecular complexity index is 583. The minimum atomic E-state index is -0.161. The van der Waals surface area contributed by atoms with Crippen LogP contribution in [0.3, 0.4) is 0 Å². The summed E-state index contributed by atoms with van der Waals surface area (Å²) in [5, 5.41) is 4.76. The van der Waals surface area contributed by atoms with Gasteiger partial charge in [0.25, 0.3) is 5.91 Å². The molecule has 3 nitrogen and oxygen atoms in total. The van der Waals surface area contributed by atoms with Gasteiger partial charge in [-0.2, -0.15) is 0 Å². The average molecular weight is 303 g/mol. The summed E-state index contributed by atoms with van der Waals surface area (Å²) < 4.78 is 0.913. The van der Waals surface area contributed by atoms with E-state index in [0.717, 1.165) is 16.5 Å². The van der Waals surface area contributed by atoms with Crippen LogP contribution in [0.2, 0.25) is 10.0 Å². The van der Waals surface area contributed by atoms with E-state index in [1.54, 1.807) is 6.07 Å². The van der Waals surface area contributed by atoms with Crippen LogP contribution in [-0.4, -0.2) is 19.0 Å². The molecule has 18 heavy (non-hydrogen) atoms. The van der Waals surface area contributed by atoms with Gasteiger partial charge in [0.1, 0.15) is 4.88 Å². The van der Waals surface area contributed by atoms with Gasteiger partial charge in [0.05, 0.1) is 5.02 Å². The Morgan fingerprint density at radius 3 is 2.89 bits per heavy atom. The molecule has 6 heteroatoms. The summed E-state index contributed by atoms with van der Waals surface area (Å²) in [4.78, 5) is 12.5. The van der Waals surface area contributed by atoms with Gasteiger partial charge in [0, 0.05) is 21.7 Å². The molecule has 0 aliphatic heterocycles. The number of fused-ring (bicyclic) bond motifs is 1. The third-order valence-electron chi connectivity index (χ3n) is 2.46. The molecular weight excluding hydrogens is 291 g/mol. The SMILES string of the molecule is NCCCNC(=O)c1sc2cc(Cl)ccc2c1Cl. The second-order valence-electron chi connectivity index (χ2n) is 3.78. The third-order valence-corrected chi connectivity index (χ3v) is 4.36. The summed E-state index contributed by atoms with van der Waals surface area (Å²) in [5.41, 5.74) is 5.37. The number of rotatable bonds is 4. The van der Waals surface area contributed by atoms with E-state index in [9.17, 15) is 4.79 Å². The fourth-order valence-electron chi connectivity index (χ4n) is 1.57. The molecule has 0 saturated heterocycles. The van der Waals surface area contributed by atoms with Crippen LogP contribution in [0.1, 0.15) is 16.1 Å². The molecule has 1 aromatic heterocycles. The maximum Gasteiger partial charge on any atom is 0.262 e. The van der Waals surface area contributed by atoms with E-state index >= 15 is 0 Å². The van der Waals surface area contributed by atoms with Gasteiger partial charge in [0.15, 0.2) is 0 Å². The van der Waals surface area contributed by atoms with Crippen molar-refractivity contribution >= 4 is 50.5 Å². The molecule has 1 amide bonds. The summed E-state index contributed by atoms with van der Waals surface area (Å²) in [7, 11) is 0. The predicted molar refractivity (Wildman–Crippen MR) is 77.8 cm³/mol. The van der Waals surface area contributed by atoms with Gasteiger partial charge in [-0.1, -0.05) is 29.3 Å². The van der Waals surface area contributed by atoms with Crippen molar-refractivity contribution in [2.24, 2.45) is 5.73 Å². The normalized spacial score (nSPS) is 10.8. The van der Waals surface area contributed by atoms with Crippen molar-refractivity contribution in [3.05, 3.63) is 33.1 Å². The van der Waals surface area contributed by atoms with Crippen LogP contribution in [0, 0.1) is 0 Å². The standard InChI is InChI=1S/C12H12Cl2N2OS/c13-7-2-3-8-9(6-7)18-11(10(8)14)12(17)16-5-1-4-15/h2-3,6H,1,4-5,15H2,(H,16,17). The Labute approximate surface area is 119 Å². The molecule has 0 unspecified atom stereocenters. The minimum Gasteiger partial charge on any atom is -0.351 e. The lowest BCUT2D eigenvalue weighted by molar-refractivity contribution is 0.0958. The van der Waals surface area contributed by atoms with E-state index in [1.807, 2.05) is 12.1 Å². The van der Waals surface area contributed by atoms with Gasteiger partial charge in [0.2, 0.25) is 0 Å². The molecule has 2 rings (SSSR count). The Hall–Kier alpha value is -0.810. The van der Waals surface area contributed by atoms with Gasteiger partial charge in [-0.05, 0) is 25.1 Å². The number of benzene rings is 1. The molecule has 0 radical (unpaired) electrons. The predicted octanol–water partition coefficient (Wildman–Crippen LogP) is 3.29. The van der Waals surface area contributed by atoms with E-state index in [1.165, 1.54) is 11.3 Å². The molecule has 2 aromatic rings. The van der Waals surface area contributed by atoms with E-state index < -0.39 is 0 Å². The highest BCUT2D eigenvalue weighted by molar-refractivity contribution is 7.21. The lowest BCUT2D eigenvalue weighted by atomic mass is 10.2. The summed E-state index contributed by atoms with van der Waals surface area (Å²) in [6.07, 6.45) is 0.750. The van der Waals surface area contributed by atoms with Gasteiger partial charge in [-0.3, -0.25) is 4.79 Å². The Morgan fingerprint density at radius 2 is 2.17 bits per heavy atom. The molecule has 1 heterocycles. The topological polar surface area (TPSA) is 55.1 Å². The molecule has 0 aliphatic rings. The molecule has 96 valence electrons. The maximum absolute atomic E-state index is 11.9. The van der Waals surface area contributed by atoms with Gasteiger partial charge in [-0.15, -0.1) is 11.3 Å². The number of halogens is 2. The fraction of sp³-hybridized carbons (Fsp3) is 0.250. The molecule has 0 atom stereocenters. The van der Waals surface area contributed by atoms with Crippen molar-refractivity contribution in [1.82, 2.24) is 5.32 Å². The minimum absolute atomic E-state index is 0.161. The first-order chi connectivity index (χ1) is 8.63. The summed E-state index contributed by atoms with van der Waals surface area (Å²) in [5.74, 6) is -0.161. The Morgan fingerprint density at radius 1 is 1.39 bits per heavy atom. The van der Waals surface area contributed by atoms with Crippen molar-refractivity contribution in [1.29, 1.82) is 0 Å². The number of nitrogens with one attached hydrogen (secondary N) is 1. The number of carbonyl (C=O) groups is 1. The summed E-state index contributed by atoms with van der Waals surface area (Å²) in [6.45, 7) is 1.11. The first kappa shape index (κ1) is 13.6. The number of hydrogen-bond donors (Lipinski definition) is 2. The maximum atomic E-state index is 11.9. The second kappa shape index (κ2) is 5.89. The molecule has 0 bridgehead atoms. The van der Waals surface area contributed by atoms with E-state index in [-0.39, 0.29) is 5.91 Å². The van der Waals surface area contributed by atoms with Crippen molar-refractivity contribution in [3.63, 3.8) is 0 Å². The van der Waals surface area contributed by atoms with E-state index in [2.05, 4.69) is 5.32 Å². The molecule has 0 aliphatic carbocycles. The summed E-state index contributed by atoms with van der Waals surface area (Å²) >= 11 is 13.5. The van der Waals surface area contributed by atoms with Crippen molar-refractivity contribution in [3.8, 4) is 0 Å². The Kier molecular flexibility index (Phi) is 4.45. The third kappa shape index (κ3) is 2.78. The number of carbonyl (C=O) groups excluding carboxylic acids is 1. The van der Waals surface area contributed by atoms with E-state index in [4.69, 9.17) is 28.9 Å². The number of thiophene rings is 1. The lowest BCUT2D eigenvalue weighted by Gasteiger charge is -2.01. The molecule has 0 fully saturated rings. The highest BCUT2D eigenvalue weighted by Crippen LogP contribution is 2.36. The van der Waals surface area contributed by atoms with E-state index in [0.29, 0.717) is 28.0 Å². The highest BCUT2D eigenvalue weighted by Gasteiger charge is 2.16. The van der Waals surface area contributed by atoms with Gasteiger partial charge < -0.3 is 11.1 Å². The number of hydrogen-bond acceptors (Lipinski definition) is 3. The number of amides is 1. The zero-order chi connectivity index (χ0) is 13.1. The second-order valence-corrected chi connectivity index (χ2v) is 5.65. The fourth-order valence-corrected chi connectivity index (χ4v) is 3.28. The largest absolute Gasteiger partial charge is 0.351 e. The van der Waals surface area contributed by atoms with Crippen molar-refractivity contribution in [2.75, 3.05) is 13.1 Å². The Balaban J connectivity index is 2.28. The molecule has 0 saturated carbocycles. The smallest absolute Gasteiger partial charge is 0.262 e. The van der Waals surface area contributed by atoms with Crippen LogP contribution in [0.25, 0.3) is 10.1 Å². The monoisotopic (exact) mass is 302 g/mol. The number of nitrogens with two attached hydrogens (primary N) is 1. The highest BCUT2D eigenvalue weighted by atomic mass is 35.5. The molecule has 1 aromatic carbocycles. The quantitative estimate of drug-likeness (QED) is 0.852. The van der Waals surface area contributed by atoms with Crippen molar-refractivity contribution in [2.45, 2.75) is 6.42 Å². The van der Waals surface area contributed by atoms with Crippen LogP contribution < -0.4 is 11.1 Å². The average Bonchev–Trinajstić information content (AvgIpc) is 2.66. The zero-order valence-corrected chi connectivity index (χ0v) is 11.8. The summed E-state index contributed by atoms with van der Waals surface area (Å²) in [6, 6.07) is 5.40. The lowest BCUT2D eigenvalue weighted by Crippen LogP contribution is -2.25. The molecular formula is C12H12Cl2N2OS. The van der Waals surface area contributed by atoms with Crippen LogP contribution in [0.4, 0.5) is 0 Å². The molecule has 3 N–H and O–H groups in total. The first-order valence-electron chi connectivity index (χ1n) is 5.49.